The summed E-state index contributed by atoms with van der Waals surface area (Å²) in [6.07, 6.45) is 6.12. The van der Waals surface area contributed by atoms with Crippen LogP contribution in [0.15, 0.2) is 12.5 Å². The second kappa shape index (κ2) is 5.45. The van der Waals surface area contributed by atoms with Crippen LogP contribution in [0.3, 0.4) is 0 Å². The van der Waals surface area contributed by atoms with Gasteiger partial charge in [0, 0.05) is 6.42 Å². The first-order chi connectivity index (χ1) is 6.33. The Bertz CT molecular complexity index is 180. The van der Waals surface area contributed by atoms with E-state index in [1.165, 1.54) is 12.5 Å². The predicted octanol–water partition coefficient (Wildman–Crippen LogP) is 1.91. The third-order valence-corrected chi connectivity index (χ3v) is 1.65. The van der Waals surface area contributed by atoms with Gasteiger partial charge in [0.25, 0.3) is 0 Å². The lowest BCUT2D eigenvalue weighted by molar-refractivity contribution is -0.219. The van der Waals surface area contributed by atoms with Gasteiger partial charge in [-0.15, -0.1) is 0 Å². The molecule has 0 N–H and O–H groups in total. The fraction of sp³-hybridized carbons (Fsp3) is 0.667. The summed E-state index contributed by atoms with van der Waals surface area (Å²) in [5.74, 6) is -0.276. The molecule has 0 amide bonds. The molecular weight excluding hydrogens is 172 g/mol. The number of esters is 1. The number of unbranched alkanes of at least 4 members (excludes halogenated alkanes) is 2. The number of carbonyl (C=O) groups excluding carboxylic acids is 1. The first-order valence-electron chi connectivity index (χ1n) is 4.48. The molecule has 1 aliphatic heterocycles. The van der Waals surface area contributed by atoms with Crippen LogP contribution in [0.1, 0.15) is 32.6 Å². The van der Waals surface area contributed by atoms with E-state index in [0.717, 1.165) is 19.3 Å². The fourth-order valence-electron chi connectivity index (χ4n) is 0.966. The third-order valence-electron chi connectivity index (χ3n) is 1.65. The van der Waals surface area contributed by atoms with E-state index in [4.69, 9.17) is 14.2 Å². The van der Waals surface area contributed by atoms with Gasteiger partial charge in [0.2, 0.25) is 0 Å². The number of rotatable bonds is 5. The van der Waals surface area contributed by atoms with Gasteiger partial charge < -0.3 is 14.2 Å². The number of carbonyl (C=O) groups is 1. The molecule has 1 rings (SSSR count). The van der Waals surface area contributed by atoms with Crippen LogP contribution < -0.4 is 0 Å². The Hall–Kier alpha value is -1.19. The Balaban J connectivity index is 2.03. The van der Waals surface area contributed by atoms with E-state index < -0.39 is 6.48 Å². The van der Waals surface area contributed by atoms with Crippen molar-refractivity contribution in [3.8, 4) is 0 Å². The molecule has 0 aromatic heterocycles. The molecule has 0 fully saturated rings. The van der Waals surface area contributed by atoms with Gasteiger partial charge in [-0.05, 0) is 6.42 Å². The minimum absolute atomic E-state index is 0.276. The minimum Gasteiger partial charge on any atom is -0.428 e. The van der Waals surface area contributed by atoms with Gasteiger partial charge in [-0.2, -0.15) is 0 Å². The summed E-state index contributed by atoms with van der Waals surface area (Å²) in [6.45, 7) is 1.22. The van der Waals surface area contributed by atoms with Crippen molar-refractivity contribution in [1.29, 1.82) is 0 Å². The maximum Gasteiger partial charge on any atom is 0.407 e. The summed E-state index contributed by atoms with van der Waals surface area (Å²) in [5, 5.41) is 0. The second-order valence-electron chi connectivity index (χ2n) is 2.78. The van der Waals surface area contributed by atoms with Gasteiger partial charge in [-0.25, -0.2) is 0 Å². The van der Waals surface area contributed by atoms with E-state index in [1.54, 1.807) is 0 Å². The smallest absolute Gasteiger partial charge is 0.407 e. The lowest BCUT2D eigenvalue weighted by Crippen LogP contribution is -2.17. The number of hydrogen-bond donors (Lipinski definition) is 0. The zero-order valence-corrected chi connectivity index (χ0v) is 7.69. The molecule has 4 nitrogen and oxygen atoms in total. The highest BCUT2D eigenvalue weighted by molar-refractivity contribution is 5.69. The Labute approximate surface area is 77.5 Å². The molecule has 0 saturated carbocycles. The van der Waals surface area contributed by atoms with E-state index in [0.29, 0.717) is 6.42 Å². The highest BCUT2D eigenvalue weighted by Gasteiger charge is 2.17. The molecule has 0 aromatic carbocycles. The van der Waals surface area contributed by atoms with Crippen molar-refractivity contribution in [2.45, 2.75) is 39.1 Å². The maximum atomic E-state index is 11.1. The maximum absolute atomic E-state index is 11.1. The van der Waals surface area contributed by atoms with Crippen LogP contribution in [0.4, 0.5) is 0 Å². The molecule has 4 heteroatoms. The molecule has 0 bridgehead atoms. The molecule has 0 unspecified atom stereocenters. The minimum atomic E-state index is -0.867. The molecule has 0 spiro atoms. The van der Waals surface area contributed by atoms with Crippen LogP contribution in [0.2, 0.25) is 0 Å². The quantitative estimate of drug-likeness (QED) is 0.486. The molecule has 74 valence electrons. The molecule has 0 aromatic rings. The van der Waals surface area contributed by atoms with Gasteiger partial charge in [0.1, 0.15) is 12.5 Å². The largest absolute Gasteiger partial charge is 0.428 e. The number of ether oxygens (including phenoxy) is 3. The first-order valence-corrected chi connectivity index (χ1v) is 4.48. The molecule has 13 heavy (non-hydrogen) atoms. The van der Waals surface area contributed by atoms with Crippen LogP contribution in [-0.2, 0) is 19.0 Å². The third kappa shape index (κ3) is 3.83. The predicted molar refractivity (Wildman–Crippen MR) is 45.3 cm³/mol. The van der Waals surface area contributed by atoms with Crippen molar-refractivity contribution in [2.75, 3.05) is 0 Å². The summed E-state index contributed by atoms with van der Waals surface area (Å²) in [6, 6.07) is 0. The van der Waals surface area contributed by atoms with Gasteiger partial charge in [0.05, 0.1) is 0 Å². The van der Waals surface area contributed by atoms with Crippen molar-refractivity contribution >= 4 is 5.97 Å². The van der Waals surface area contributed by atoms with E-state index in [1.807, 2.05) is 0 Å². The Morgan fingerprint density at radius 1 is 1.38 bits per heavy atom. The summed E-state index contributed by atoms with van der Waals surface area (Å²) < 4.78 is 14.4. The second-order valence-corrected chi connectivity index (χ2v) is 2.78. The van der Waals surface area contributed by atoms with Crippen LogP contribution in [-0.4, -0.2) is 12.4 Å². The monoisotopic (exact) mass is 186 g/mol. The fourth-order valence-corrected chi connectivity index (χ4v) is 0.966. The highest BCUT2D eigenvalue weighted by atomic mass is 16.9. The average Bonchev–Trinajstić information content (AvgIpc) is 2.57. The molecule has 0 atom stereocenters. The van der Waals surface area contributed by atoms with Crippen molar-refractivity contribution in [2.24, 2.45) is 0 Å². The van der Waals surface area contributed by atoms with Crippen LogP contribution in [0.5, 0.6) is 0 Å². The topological polar surface area (TPSA) is 44.8 Å². The standard InChI is InChI=1S/C9H14O4/c1-2-3-4-5-8(10)13-9-11-6-7-12-9/h6-7,9H,2-5H2,1H3. The van der Waals surface area contributed by atoms with Crippen molar-refractivity contribution < 1.29 is 19.0 Å². The lowest BCUT2D eigenvalue weighted by atomic mass is 10.2. The van der Waals surface area contributed by atoms with E-state index >= 15 is 0 Å². The SMILES string of the molecule is CCCCCC(=O)OC1OC=CO1. The normalized spacial score (nSPS) is 15.2. The summed E-state index contributed by atoms with van der Waals surface area (Å²) in [4.78, 5) is 11.1. The molecular formula is C9H14O4. The summed E-state index contributed by atoms with van der Waals surface area (Å²) in [5.41, 5.74) is 0. The zero-order valence-electron chi connectivity index (χ0n) is 7.69. The van der Waals surface area contributed by atoms with Gasteiger partial charge >= 0.3 is 12.4 Å². The molecule has 0 aliphatic carbocycles. The van der Waals surface area contributed by atoms with Crippen molar-refractivity contribution in [3.05, 3.63) is 12.5 Å². The Kier molecular flexibility index (Phi) is 4.15. The Morgan fingerprint density at radius 2 is 2.08 bits per heavy atom. The van der Waals surface area contributed by atoms with E-state index in [2.05, 4.69) is 6.92 Å². The average molecular weight is 186 g/mol. The number of hydrogen-bond acceptors (Lipinski definition) is 4. The summed E-state index contributed by atoms with van der Waals surface area (Å²) in [7, 11) is 0. The molecule has 0 saturated heterocycles. The Morgan fingerprint density at radius 3 is 2.69 bits per heavy atom. The lowest BCUT2D eigenvalue weighted by Gasteiger charge is -2.10. The van der Waals surface area contributed by atoms with Crippen molar-refractivity contribution in [1.82, 2.24) is 0 Å². The van der Waals surface area contributed by atoms with Crippen molar-refractivity contribution in [3.63, 3.8) is 0 Å². The molecule has 1 aliphatic rings. The zero-order chi connectivity index (χ0) is 9.52. The van der Waals surface area contributed by atoms with E-state index in [9.17, 15) is 4.79 Å². The van der Waals surface area contributed by atoms with Gasteiger partial charge in [-0.3, -0.25) is 4.79 Å². The highest BCUT2D eigenvalue weighted by Crippen LogP contribution is 2.09. The molecule has 0 radical (unpaired) electrons. The van der Waals surface area contributed by atoms with Crippen LogP contribution in [0, 0.1) is 0 Å². The van der Waals surface area contributed by atoms with E-state index in [-0.39, 0.29) is 5.97 Å². The van der Waals surface area contributed by atoms with Gasteiger partial charge in [-0.1, -0.05) is 19.8 Å². The van der Waals surface area contributed by atoms with Gasteiger partial charge in [0.15, 0.2) is 0 Å². The first kappa shape index (κ1) is 9.89. The summed E-state index contributed by atoms with van der Waals surface area (Å²) >= 11 is 0. The van der Waals surface area contributed by atoms with Crippen LogP contribution >= 0.6 is 0 Å². The van der Waals surface area contributed by atoms with Crippen LogP contribution in [0.25, 0.3) is 0 Å². The molecule has 1 heterocycles.